The number of methoxy groups -OCH3 is 1. The molecular weight excluding hydrogens is 370 g/mol. The highest BCUT2D eigenvalue weighted by atomic mass is 32.2. The number of sulfonamides is 1. The van der Waals surface area contributed by atoms with Crippen LogP contribution in [0.25, 0.3) is 0 Å². The van der Waals surface area contributed by atoms with Crippen LogP contribution in [0.5, 0.6) is 11.5 Å². The van der Waals surface area contributed by atoms with E-state index in [-0.39, 0.29) is 28.5 Å². The van der Waals surface area contributed by atoms with Crippen LogP contribution in [-0.2, 0) is 21.2 Å². The van der Waals surface area contributed by atoms with Crippen molar-refractivity contribution in [2.75, 3.05) is 13.9 Å². The monoisotopic (exact) mass is 383 g/mol. The predicted molar refractivity (Wildman–Crippen MR) is 87.6 cm³/mol. The van der Waals surface area contributed by atoms with Crippen LogP contribution >= 0.6 is 11.3 Å². The van der Waals surface area contributed by atoms with Crippen LogP contribution in [0, 0.1) is 0 Å². The molecule has 10 heteroatoms. The van der Waals surface area contributed by atoms with E-state index in [4.69, 9.17) is 19.3 Å². The Morgan fingerprint density at radius 3 is 2.60 bits per heavy atom. The van der Waals surface area contributed by atoms with Gasteiger partial charge in [0.1, 0.15) is 4.90 Å². The minimum absolute atomic E-state index is 0.00777. The maximum atomic E-state index is 12.6. The number of rotatable bonds is 5. The lowest BCUT2D eigenvalue weighted by atomic mass is 10.0. The van der Waals surface area contributed by atoms with Crippen LogP contribution in [0.15, 0.2) is 28.5 Å². The van der Waals surface area contributed by atoms with Gasteiger partial charge in [-0.25, -0.2) is 18.4 Å². The normalized spacial score (nSPS) is 12.9. The number of hydrogen-bond acceptors (Lipinski definition) is 8. The van der Waals surface area contributed by atoms with Crippen molar-refractivity contribution >= 4 is 33.1 Å². The van der Waals surface area contributed by atoms with Crippen LogP contribution in [0.4, 0.5) is 0 Å². The summed E-state index contributed by atoms with van der Waals surface area (Å²) < 4.78 is 38.3. The zero-order valence-corrected chi connectivity index (χ0v) is 14.6. The zero-order valence-electron chi connectivity index (χ0n) is 13.0. The Balaban J connectivity index is 1.99. The Labute approximate surface area is 147 Å². The van der Waals surface area contributed by atoms with Gasteiger partial charge in [0.2, 0.25) is 16.8 Å². The highest BCUT2D eigenvalue weighted by molar-refractivity contribution is 7.89. The molecule has 0 atom stereocenters. The molecule has 0 bridgehead atoms. The average Bonchev–Trinajstić information content (AvgIpc) is 3.21. The summed E-state index contributed by atoms with van der Waals surface area (Å²) in [7, 11) is -2.80. The van der Waals surface area contributed by atoms with E-state index in [1.54, 1.807) is 0 Å². The topological polar surface area (TPSA) is 122 Å². The van der Waals surface area contributed by atoms with E-state index in [9.17, 15) is 18.0 Å². The Kier molecular flexibility index (Phi) is 4.50. The van der Waals surface area contributed by atoms with Crippen LogP contribution in [0.1, 0.15) is 25.6 Å². The second kappa shape index (κ2) is 6.47. The summed E-state index contributed by atoms with van der Waals surface area (Å²) in [5.41, 5.74) is 0.490. The van der Waals surface area contributed by atoms with Crippen molar-refractivity contribution in [1.82, 2.24) is 0 Å². The lowest BCUT2D eigenvalue weighted by Gasteiger charge is -2.09. The standard InChI is InChI=1S/C15H13NO7S2/c1-21-15(18)9-6-12-11(22-7-23-12)5-8(9)4-10(17)14-13(2-3-24-14)25(16,19)20/h2-3,5-6H,4,7H2,1H3,(H2,16,19,20). The van der Waals surface area contributed by atoms with Crippen molar-refractivity contribution in [2.45, 2.75) is 11.3 Å². The number of thiophene rings is 1. The molecule has 1 aromatic heterocycles. The molecule has 1 aliphatic rings. The molecule has 25 heavy (non-hydrogen) atoms. The maximum absolute atomic E-state index is 12.6. The van der Waals surface area contributed by atoms with Crippen molar-refractivity contribution < 1.29 is 32.2 Å². The van der Waals surface area contributed by atoms with Crippen LogP contribution in [0.2, 0.25) is 0 Å². The highest BCUT2D eigenvalue weighted by Gasteiger charge is 2.26. The number of primary sulfonamides is 1. The molecule has 3 rings (SSSR count). The van der Waals surface area contributed by atoms with Gasteiger partial charge in [-0.2, -0.15) is 0 Å². The molecule has 0 unspecified atom stereocenters. The predicted octanol–water partition coefficient (Wildman–Crippen LogP) is 1.34. The van der Waals surface area contributed by atoms with E-state index < -0.39 is 21.8 Å². The van der Waals surface area contributed by atoms with E-state index in [1.165, 1.54) is 30.7 Å². The Hall–Kier alpha value is -2.43. The minimum Gasteiger partial charge on any atom is -0.465 e. The number of ether oxygens (including phenoxy) is 3. The van der Waals surface area contributed by atoms with Gasteiger partial charge in [0.15, 0.2) is 17.3 Å². The molecule has 132 valence electrons. The maximum Gasteiger partial charge on any atom is 0.338 e. The summed E-state index contributed by atoms with van der Waals surface area (Å²) >= 11 is 0.968. The van der Waals surface area contributed by atoms with Gasteiger partial charge in [-0.1, -0.05) is 0 Å². The molecule has 2 heterocycles. The third-order valence-electron chi connectivity index (χ3n) is 3.54. The number of carbonyl (C=O) groups excluding carboxylic acids is 2. The SMILES string of the molecule is COC(=O)c1cc2c(cc1CC(=O)c1sccc1S(N)(=O)=O)OCO2. The molecule has 2 aromatic rings. The molecule has 8 nitrogen and oxygen atoms in total. The smallest absolute Gasteiger partial charge is 0.338 e. The van der Waals surface area contributed by atoms with Gasteiger partial charge in [-0.05, 0) is 29.1 Å². The first-order chi connectivity index (χ1) is 11.8. The quantitative estimate of drug-likeness (QED) is 0.610. The van der Waals surface area contributed by atoms with Crippen LogP contribution < -0.4 is 14.6 Å². The number of Topliss-reactive ketones (excluding diaryl/α,β-unsaturated/α-hetero) is 1. The molecule has 0 amide bonds. The molecule has 0 spiro atoms. The second-order valence-electron chi connectivity index (χ2n) is 5.11. The lowest BCUT2D eigenvalue weighted by Crippen LogP contribution is -2.16. The lowest BCUT2D eigenvalue weighted by molar-refractivity contribution is 0.0599. The number of benzene rings is 1. The fraction of sp³-hybridized carbons (Fsp3) is 0.200. The summed E-state index contributed by atoms with van der Waals surface area (Å²) in [4.78, 5) is 24.3. The Morgan fingerprint density at radius 2 is 1.96 bits per heavy atom. The van der Waals surface area contributed by atoms with Crippen LogP contribution in [-0.4, -0.2) is 34.1 Å². The molecule has 0 saturated carbocycles. The Morgan fingerprint density at radius 1 is 1.28 bits per heavy atom. The number of esters is 1. The molecule has 0 aliphatic carbocycles. The first-order valence-corrected chi connectivity index (χ1v) is 9.38. The number of carbonyl (C=O) groups is 2. The van der Waals surface area contributed by atoms with E-state index >= 15 is 0 Å². The van der Waals surface area contributed by atoms with Gasteiger partial charge >= 0.3 is 5.97 Å². The first kappa shape index (κ1) is 17.4. The molecule has 0 fully saturated rings. The zero-order chi connectivity index (χ0) is 18.2. The fourth-order valence-electron chi connectivity index (χ4n) is 2.41. The Bertz CT molecular complexity index is 962. The van der Waals surface area contributed by atoms with Gasteiger partial charge in [-0.3, -0.25) is 4.79 Å². The van der Waals surface area contributed by atoms with Crippen molar-refractivity contribution in [3.05, 3.63) is 39.6 Å². The van der Waals surface area contributed by atoms with Crippen molar-refractivity contribution in [1.29, 1.82) is 0 Å². The van der Waals surface area contributed by atoms with Crippen molar-refractivity contribution in [3.8, 4) is 11.5 Å². The molecule has 0 radical (unpaired) electrons. The van der Waals surface area contributed by atoms with E-state index in [0.29, 0.717) is 17.1 Å². The van der Waals surface area contributed by atoms with Crippen molar-refractivity contribution in [3.63, 3.8) is 0 Å². The van der Waals surface area contributed by atoms with E-state index in [2.05, 4.69) is 0 Å². The minimum atomic E-state index is -4.01. The number of fused-ring (bicyclic) bond motifs is 1. The fourth-order valence-corrected chi connectivity index (χ4v) is 4.35. The van der Waals surface area contributed by atoms with Crippen LogP contribution in [0.3, 0.4) is 0 Å². The van der Waals surface area contributed by atoms with Gasteiger partial charge in [-0.15, -0.1) is 11.3 Å². The molecule has 1 aromatic carbocycles. The average molecular weight is 383 g/mol. The number of nitrogens with two attached hydrogens (primary N) is 1. The summed E-state index contributed by atoms with van der Waals surface area (Å²) in [5, 5.41) is 6.59. The second-order valence-corrected chi connectivity index (χ2v) is 7.56. The van der Waals surface area contributed by atoms with Gasteiger partial charge < -0.3 is 14.2 Å². The van der Waals surface area contributed by atoms with Gasteiger partial charge in [0.25, 0.3) is 0 Å². The number of hydrogen-bond donors (Lipinski definition) is 1. The third kappa shape index (κ3) is 3.36. The van der Waals surface area contributed by atoms with E-state index in [1.807, 2.05) is 0 Å². The summed E-state index contributed by atoms with van der Waals surface area (Å²) in [6, 6.07) is 4.22. The largest absolute Gasteiger partial charge is 0.465 e. The summed E-state index contributed by atoms with van der Waals surface area (Å²) in [6.07, 6.45) is -0.218. The van der Waals surface area contributed by atoms with E-state index in [0.717, 1.165) is 11.3 Å². The molecule has 1 aliphatic heterocycles. The summed E-state index contributed by atoms with van der Waals surface area (Å²) in [5.74, 6) is -0.353. The molecular formula is C15H13NO7S2. The van der Waals surface area contributed by atoms with Gasteiger partial charge in [0, 0.05) is 6.42 Å². The third-order valence-corrected chi connectivity index (χ3v) is 5.58. The highest BCUT2D eigenvalue weighted by Crippen LogP contribution is 2.36. The van der Waals surface area contributed by atoms with Crippen molar-refractivity contribution in [2.24, 2.45) is 5.14 Å². The first-order valence-electron chi connectivity index (χ1n) is 6.95. The van der Waals surface area contributed by atoms with Gasteiger partial charge in [0.05, 0.1) is 17.6 Å². The summed E-state index contributed by atoms with van der Waals surface area (Å²) in [6.45, 7) is 0.00777. The number of ketones is 1. The molecule has 2 N–H and O–H groups in total. The molecule has 0 saturated heterocycles.